The SMILES string of the molecule is CNC(C)c1ncc(C2(c3ccccc3)CC2)o1. The molecule has 1 aromatic carbocycles. The molecule has 1 N–H and O–H groups in total. The van der Waals surface area contributed by atoms with Crippen molar-refractivity contribution in [2.75, 3.05) is 7.05 Å². The molecule has 1 aliphatic carbocycles. The Morgan fingerprint density at radius 2 is 2.00 bits per heavy atom. The van der Waals surface area contributed by atoms with Gasteiger partial charge >= 0.3 is 0 Å². The maximum absolute atomic E-state index is 5.94. The summed E-state index contributed by atoms with van der Waals surface area (Å²) < 4.78 is 5.94. The van der Waals surface area contributed by atoms with Gasteiger partial charge < -0.3 is 9.73 Å². The largest absolute Gasteiger partial charge is 0.443 e. The third-order valence-corrected chi connectivity index (χ3v) is 3.88. The van der Waals surface area contributed by atoms with Crippen LogP contribution in [-0.2, 0) is 5.41 Å². The van der Waals surface area contributed by atoms with E-state index in [0.717, 1.165) is 24.5 Å². The van der Waals surface area contributed by atoms with Crippen LogP contribution in [0.25, 0.3) is 0 Å². The molecule has 1 aromatic heterocycles. The van der Waals surface area contributed by atoms with E-state index in [1.54, 1.807) is 0 Å². The van der Waals surface area contributed by atoms with Crippen LogP contribution in [0.1, 0.15) is 43.0 Å². The summed E-state index contributed by atoms with van der Waals surface area (Å²) >= 11 is 0. The molecule has 0 bridgehead atoms. The summed E-state index contributed by atoms with van der Waals surface area (Å²) in [6.45, 7) is 2.05. The zero-order chi connectivity index (χ0) is 12.6. The maximum atomic E-state index is 5.94. The fourth-order valence-corrected chi connectivity index (χ4v) is 2.39. The lowest BCUT2D eigenvalue weighted by Gasteiger charge is -2.12. The molecule has 1 saturated carbocycles. The van der Waals surface area contributed by atoms with E-state index in [1.807, 2.05) is 13.2 Å². The molecule has 1 aliphatic rings. The van der Waals surface area contributed by atoms with Gasteiger partial charge in [-0.1, -0.05) is 30.3 Å². The number of hydrogen-bond donors (Lipinski definition) is 1. The molecule has 1 heterocycles. The molecule has 0 saturated heterocycles. The van der Waals surface area contributed by atoms with Crippen molar-refractivity contribution in [2.45, 2.75) is 31.2 Å². The van der Waals surface area contributed by atoms with Gasteiger partial charge in [-0.2, -0.15) is 0 Å². The van der Waals surface area contributed by atoms with Gasteiger partial charge in [0, 0.05) is 0 Å². The van der Waals surface area contributed by atoms with Gasteiger partial charge in [-0.25, -0.2) is 4.98 Å². The highest BCUT2D eigenvalue weighted by Crippen LogP contribution is 2.53. The van der Waals surface area contributed by atoms with Crippen LogP contribution >= 0.6 is 0 Å². The number of oxazole rings is 1. The average molecular weight is 242 g/mol. The van der Waals surface area contributed by atoms with Gasteiger partial charge in [-0.15, -0.1) is 0 Å². The fraction of sp³-hybridized carbons (Fsp3) is 0.400. The molecule has 0 amide bonds. The second-order valence-electron chi connectivity index (χ2n) is 5.02. The number of nitrogens with zero attached hydrogens (tertiary/aromatic N) is 1. The second kappa shape index (κ2) is 4.25. The van der Waals surface area contributed by atoms with Gasteiger partial charge in [0.1, 0.15) is 5.76 Å². The van der Waals surface area contributed by atoms with Gasteiger partial charge in [-0.05, 0) is 32.4 Å². The Labute approximate surface area is 107 Å². The number of nitrogens with one attached hydrogen (secondary N) is 1. The van der Waals surface area contributed by atoms with Crippen molar-refractivity contribution in [1.29, 1.82) is 0 Å². The topological polar surface area (TPSA) is 38.1 Å². The van der Waals surface area contributed by atoms with Gasteiger partial charge in [-0.3, -0.25) is 0 Å². The lowest BCUT2D eigenvalue weighted by atomic mass is 9.94. The molecule has 0 spiro atoms. The molecule has 0 radical (unpaired) electrons. The lowest BCUT2D eigenvalue weighted by molar-refractivity contribution is 0.393. The first-order valence-corrected chi connectivity index (χ1v) is 6.45. The first-order valence-electron chi connectivity index (χ1n) is 6.45. The minimum absolute atomic E-state index is 0.0833. The Hall–Kier alpha value is -1.61. The average Bonchev–Trinajstić information content (AvgIpc) is 3.10. The molecule has 94 valence electrons. The molecule has 0 aliphatic heterocycles. The molecule has 3 rings (SSSR count). The molecular formula is C15H18N2O. The van der Waals surface area contributed by atoms with Crippen LogP contribution in [0.2, 0.25) is 0 Å². The molecule has 2 aromatic rings. The molecule has 3 heteroatoms. The Morgan fingerprint density at radius 3 is 2.61 bits per heavy atom. The summed E-state index contributed by atoms with van der Waals surface area (Å²) in [4.78, 5) is 4.39. The van der Waals surface area contributed by atoms with Crippen LogP contribution in [0.3, 0.4) is 0 Å². The Morgan fingerprint density at radius 1 is 1.28 bits per heavy atom. The van der Waals surface area contributed by atoms with Gasteiger partial charge in [0.15, 0.2) is 0 Å². The van der Waals surface area contributed by atoms with E-state index < -0.39 is 0 Å². The Bertz CT molecular complexity index is 528. The number of rotatable bonds is 4. The number of aromatic nitrogens is 1. The number of benzene rings is 1. The normalized spacial score (nSPS) is 18.6. The van der Waals surface area contributed by atoms with Crippen molar-refractivity contribution in [1.82, 2.24) is 10.3 Å². The number of hydrogen-bond acceptors (Lipinski definition) is 3. The summed E-state index contributed by atoms with van der Waals surface area (Å²) in [5, 5.41) is 3.15. The summed E-state index contributed by atoms with van der Waals surface area (Å²) in [7, 11) is 1.92. The zero-order valence-electron chi connectivity index (χ0n) is 10.8. The predicted molar refractivity (Wildman–Crippen MR) is 70.4 cm³/mol. The van der Waals surface area contributed by atoms with E-state index >= 15 is 0 Å². The van der Waals surface area contributed by atoms with Crippen molar-refractivity contribution in [3.8, 4) is 0 Å². The van der Waals surface area contributed by atoms with E-state index in [-0.39, 0.29) is 11.5 Å². The van der Waals surface area contributed by atoms with Crippen LogP contribution in [0.4, 0.5) is 0 Å². The highest BCUT2D eigenvalue weighted by Gasteiger charge is 2.49. The van der Waals surface area contributed by atoms with Crippen LogP contribution < -0.4 is 5.32 Å². The third kappa shape index (κ3) is 1.75. The minimum Gasteiger partial charge on any atom is -0.443 e. The molecule has 1 unspecified atom stereocenters. The van der Waals surface area contributed by atoms with Gasteiger partial charge in [0.2, 0.25) is 5.89 Å². The van der Waals surface area contributed by atoms with Crippen molar-refractivity contribution < 1.29 is 4.42 Å². The van der Waals surface area contributed by atoms with E-state index in [9.17, 15) is 0 Å². The van der Waals surface area contributed by atoms with Gasteiger partial charge in [0.05, 0.1) is 17.7 Å². The van der Waals surface area contributed by atoms with Crippen molar-refractivity contribution in [3.05, 3.63) is 53.7 Å². The molecule has 18 heavy (non-hydrogen) atoms. The monoisotopic (exact) mass is 242 g/mol. The Balaban J connectivity index is 1.93. The zero-order valence-corrected chi connectivity index (χ0v) is 10.8. The van der Waals surface area contributed by atoms with E-state index in [0.29, 0.717) is 0 Å². The predicted octanol–water partition coefficient (Wildman–Crippen LogP) is 3.03. The summed E-state index contributed by atoms with van der Waals surface area (Å²) in [6.07, 6.45) is 4.20. The van der Waals surface area contributed by atoms with Crippen LogP contribution in [-0.4, -0.2) is 12.0 Å². The van der Waals surface area contributed by atoms with Crippen LogP contribution in [0.5, 0.6) is 0 Å². The van der Waals surface area contributed by atoms with Crippen LogP contribution in [0.15, 0.2) is 40.9 Å². The van der Waals surface area contributed by atoms with Crippen molar-refractivity contribution in [3.63, 3.8) is 0 Å². The second-order valence-corrected chi connectivity index (χ2v) is 5.02. The fourth-order valence-electron chi connectivity index (χ4n) is 2.39. The van der Waals surface area contributed by atoms with Crippen molar-refractivity contribution >= 4 is 0 Å². The first kappa shape index (κ1) is 11.5. The first-order chi connectivity index (χ1) is 8.76. The maximum Gasteiger partial charge on any atom is 0.211 e. The highest BCUT2D eigenvalue weighted by atomic mass is 16.4. The van der Waals surface area contributed by atoms with E-state index in [4.69, 9.17) is 4.42 Å². The van der Waals surface area contributed by atoms with Gasteiger partial charge in [0.25, 0.3) is 0 Å². The third-order valence-electron chi connectivity index (χ3n) is 3.88. The summed E-state index contributed by atoms with van der Waals surface area (Å²) in [6, 6.07) is 10.7. The lowest BCUT2D eigenvalue weighted by Crippen LogP contribution is -2.12. The highest BCUT2D eigenvalue weighted by molar-refractivity contribution is 5.39. The standard InChI is InChI=1S/C15H18N2O/c1-11(16-2)14-17-10-13(18-14)15(8-9-15)12-6-4-3-5-7-12/h3-7,10-11,16H,8-9H2,1-2H3. The molecular weight excluding hydrogens is 224 g/mol. The summed E-state index contributed by atoms with van der Waals surface area (Å²) in [5.41, 5.74) is 1.42. The van der Waals surface area contributed by atoms with Crippen molar-refractivity contribution in [2.24, 2.45) is 0 Å². The quantitative estimate of drug-likeness (QED) is 0.895. The summed E-state index contributed by atoms with van der Waals surface area (Å²) in [5.74, 6) is 1.78. The smallest absolute Gasteiger partial charge is 0.211 e. The molecule has 3 nitrogen and oxygen atoms in total. The van der Waals surface area contributed by atoms with E-state index in [2.05, 4.69) is 47.6 Å². The Kier molecular flexibility index (Phi) is 2.71. The minimum atomic E-state index is 0.0833. The molecule has 1 fully saturated rings. The molecule has 1 atom stereocenters. The van der Waals surface area contributed by atoms with Crippen LogP contribution in [0, 0.1) is 0 Å². The van der Waals surface area contributed by atoms with E-state index in [1.165, 1.54) is 5.56 Å².